The van der Waals surface area contributed by atoms with Crippen molar-refractivity contribution in [2.75, 3.05) is 5.75 Å². The molecule has 3 heterocycles. The van der Waals surface area contributed by atoms with Gasteiger partial charge in [-0.05, 0) is 6.08 Å². The summed E-state index contributed by atoms with van der Waals surface area (Å²) in [7, 11) is 1.81. The lowest BCUT2D eigenvalue weighted by Gasteiger charge is -2.38. The van der Waals surface area contributed by atoms with Crippen LogP contribution in [0.5, 0.6) is 0 Å². The molecule has 18 heavy (non-hydrogen) atoms. The molecule has 3 rings (SSSR count). The number of nitrogens with zero attached hydrogens (tertiary/aromatic N) is 3. The topological polar surface area (TPSA) is 75.4 Å². The zero-order valence-electron chi connectivity index (χ0n) is 9.61. The number of β-lactam (4-membered cyclic amide) rings is 1. The molecular formula is C11H11N3O3S. The lowest BCUT2D eigenvalue weighted by atomic mass is 10.0. The standard InChI is InChI=1S/C11H11N3O3S/c1-13-4-6(3-12-13)2-7-9(15)14-8(11(16)17)5-18-10(7)14/h2-4,8,10H,5H2,1H3,(H,16,17)/b7-2-/t8?,10-/m1/s1. The number of aromatic nitrogens is 2. The van der Waals surface area contributed by atoms with Crippen LogP contribution in [-0.4, -0.2) is 48.8 Å². The van der Waals surface area contributed by atoms with Crippen molar-refractivity contribution < 1.29 is 14.7 Å². The van der Waals surface area contributed by atoms with Gasteiger partial charge in [0.15, 0.2) is 0 Å². The first-order valence-corrected chi connectivity index (χ1v) is 6.50. The third-order valence-electron chi connectivity index (χ3n) is 3.08. The SMILES string of the molecule is Cn1cc(/C=C2/C(=O)N3C(C(=O)O)CS[C@H]23)cn1. The van der Waals surface area contributed by atoms with Gasteiger partial charge in [0.2, 0.25) is 0 Å². The molecule has 94 valence electrons. The summed E-state index contributed by atoms with van der Waals surface area (Å²) in [6.07, 6.45) is 5.28. The molecule has 0 bridgehead atoms. The number of carboxylic acid groups (broad SMARTS) is 1. The maximum absolute atomic E-state index is 11.9. The van der Waals surface area contributed by atoms with E-state index in [-0.39, 0.29) is 11.3 Å². The van der Waals surface area contributed by atoms with Crippen LogP contribution in [0.25, 0.3) is 6.08 Å². The van der Waals surface area contributed by atoms with Gasteiger partial charge in [0.25, 0.3) is 5.91 Å². The monoisotopic (exact) mass is 265 g/mol. The molecule has 0 radical (unpaired) electrons. The Kier molecular flexibility index (Phi) is 2.44. The van der Waals surface area contributed by atoms with Gasteiger partial charge >= 0.3 is 5.97 Å². The van der Waals surface area contributed by atoms with Crippen molar-refractivity contribution in [2.24, 2.45) is 7.05 Å². The number of amides is 1. The molecule has 6 nitrogen and oxygen atoms in total. The third kappa shape index (κ3) is 1.54. The van der Waals surface area contributed by atoms with Crippen LogP contribution in [0.15, 0.2) is 18.0 Å². The second-order valence-corrected chi connectivity index (χ2v) is 5.41. The molecule has 0 saturated carbocycles. The van der Waals surface area contributed by atoms with Gasteiger partial charge in [-0.2, -0.15) is 5.10 Å². The third-order valence-corrected chi connectivity index (χ3v) is 4.38. The lowest BCUT2D eigenvalue weighted by molar-refractivity contribution is -0.150. The molecule has 2 atom stereocenters. The van der Waals surface area contributed by atoms with Crippen molar-refractivity contribution in [3.8, 4) is 0 Å². The maximum Gasteiger partial charge on any atom is 0.327 e. The number of thioether (sulfide) groups is 1. The fourth-order valence-corrected chi connectivity index (χ4v) is 3.62. The van der Waals surface area contributed by atoms with E-state index in [1.165, 1.54) is 16.7 Å². The van der Waals surface area contributed by atoms with Gasteiger partial charge in [-0.3, -0.25) is 9.48 Å². The summed E-state index contributed by atoms with van der Waals surface area (Å²) in [5.74, 6) is -0.657. The molecule has 1 N–H and O–H groups in total. The van der Waals surface area contributed by atoms with E-state index in [1.54, 1.807) is 17.0 Å². The Hall–Kier alpha value is -1.76. The van der Waals surface area contributed by atoms with E-state index in [2.05, 4.69) is 5.10 Å². The van der Waals surface area contributed by atoms with Crippen LogP contribution < -0.4 is 0 Å². The van der Waals surface area contributed by atoms with Gasteiger partial charge in [0.1, 0.15) is 11.4 Å². The van der Waals surface area contributed by atoms with Crippen LogP contribution in [0.1, 0.15) is 5.56 Å². The van der Waals surface area contributed by atoms with E-state index in [9.17, 15) is 9.59 Å². The van der Waals surface area contributed by atoms with Crippen LogP contribution in [0.3, 0.4) is 0 Å². The van der Waals surface area contributed by atoms with E-state index in [1.807, 2.05) is 13.2 Å². The molecule has 2 aliphatic rings. The number of fused-ring (bicyclic) bond motifs is 1. The second kappa shape index (κ2) is 3.88. The molecular weight excluding hydrogens is 254 g/mol. The maximum atomic E-state index is 11.9. The van der Waals surface area contributed by atoms with Gasteiger partial charge < -0.3 is 10.0 Å². The van der Waals surface area contributed by atoms with Crippen molar-refractivity contribution in [2.45, 2.75) is 11.4 Å². The van der Waals surface area contributed by atoms with E-state index in [4.69, 9.17) is 5.11 Å². The van der Waals surface area contributed by atoms with Gasteiger partial charge in [-0.1, -0.05) is 0 Å². The fraction of sp³-hybridized carbons (Fsp3) is 0.364. The van der Waals surface area contributed by atoms with E-state index in [0.717, 1.165) is 5.56 Å². The molecule has 0 aromatic carbocycles. The first-order chi connectivity index (χ1) is 8.58. The summed E-state index contributed by atoms with van der Waals surface area (Å²) in [5, 5.41) is 12.9. The second-order valence-electron chi connectivity index (χ2n) is 4.30. The zero-order chi connectivity index (χ0) is 12.9. The fourth-order valence-electron chi connectivity index (χ4n) is 2.20. The largest absolute Gasteiger partial charge is 0.480 e. The highest BCUT2D eigenvalue weighted by molar-refractivity contribution is 8.00. The number of hydrogen-bond acceptors (Lipinski definition) is 4. The van der Waals surface area contributed by atoms with Crippen LogP contribution in [0.4, 0.5) is 0 Å². The van der Waals surface area contributed by atoms with E-state index >= 15 is 0 Å². The number of carboxylic acids is 1. The summed E-state index contributed by atoms with van der Waals surface area (Å²) >= 11 is 1.50. The first kappa shape index (κ1) is 11.3. The predicted molar refractivity (Wildman–Crippen MR) is 65.7 cm³/mol. The molecule has 7 heteroatoms. The normalized spacial score (nSPS) is 28.4. The average molecular weight is 265 g/mol. The summed E-state index contributed by atoms with van der Waals surface area (Å²) in [6, 6.07) is -0.682. The molecule has 1 aromatic heterocycles. The summed E-state index contributed by atoms with van der Waals surface area (Å²) in [4.78, 5) is 24.3. The molecule has 0 aliphatic carbocycles. The minimum absolute atomic E-state index is 0.112. The minimum atomic E-state index is -0.932. The number of rotatable bonds is 2. The Balaban J connectivity index is 1.84. The Morgan fingerprint density at radius 1 is 1.67 bits per heavy atom. The van der Waals surface area contributed by atoms with Crippen molar-refractivity contribution in [3.63, 3.8) is 0 Å². The first-order valence-electron chi connectivity index (χ1n) is 5.45. The van der Waals surface area contributed by atoms with Crippen molar-refractivity contribution >= 4 is 29.7 Å². The minimum Gasteiger partial charge on any atom is -0.480 e. The van der Waals surface area contributed by atoms with Crippen molar-refractivity contribution in [1.82, 2.24) is 14.7 Å². The van der Waals surface area contributed by atoms with Crippen molar-refractivity contribution in [3.05, 3.63) is 23.5 Å². The van der Waals surface area contributed by atoms with Gasteiger partial charge in [-0.25, -0.2) is 4.79 Å². The Morgan fingerprint density at radius 3 is 3.06 bits per heavy atom. The van der Waals surface area contributed by atoms with Gasteiger partial charge in [0.05, 0.1) is 11.8 Å². The smallest absolute Gasteiger partial charge is 0.327 e. The van der Waals surface area contributed by atoms with Crippen molar-refractivity contribution in [1.29, 1.82) is 0 Å². The highest BCUT2D eigenvalue weighted by Gasteiger charge is 2.53. The predicted octanol–water partition coefficient (Wildman–Crippen LogP) is 0.172. The molecule has 2 fully saturated rings. The Labute approximate surface area is 107 Å². The molecule has 1 unspecified atom stereocenters. The number of hydrogen-bond donors (Lipinski definition) is 1. The van der Waals surface area contributed by atoms with Crippen LogP contribution in [-0.2, 0) is 16.6 Å². The number of carbonyl (C=O) groups is 2. The van der Waals surface area contributed by atoms with Gasteiger partial charge in [0, 0.05) is 24.6 Å². The van der Waals surface area contributed by atoms with Crippen LogP contribution >= 0.6 is 11.8 Å². The summed E-state index contributed by atoms with van der Waals surface area (Å²) in [6.45, 7) is 0. The quantitative estimate of drug-likeness (QED) is 0.609. The Bertz CT molecular complexity index is 566. The highest BCUT2D eigenvalue weighted by Crippen LogP contribution is 2.43. The van der Waals surface area contributed by atoms with Crippen LogP contribution in [0, 0.1) is 0 Å². The van der Waals surface area contributed by atoms with Crippen LogP contribution in [0.2, 0.25) is 0 Å². The number of aliphatic carboxylic acids is 1. The summed E-state index contributed by atoms with van der Waals surface area (Å²) < 4.78 is 1.66. The molecule has 1 aromatic rings. The van der Waals surface area contributed by atoms with E-state index < -0.39 is 12.0 Å². The molecule has 1 amide bonds. The molecule has 0 spiro atoms. The molecule has 2 saturated heterocycles. The molecule has 2 aliphatic heterocycles. The average Bonchev–Trinajstić information content (AvgIpc) is 2.89. The number of aryl methyl sites for hydroxylation is 1. The lowest BCUT2D eigenvalue weighted by Crippen LogP contribution is -2.56. The number of carbonyl (C=O) groups excluding carboxylic acids is 1. The summed E-state index contributed by atoms with van der Waals surface area (Å²) in [5.41, 5.74) is 1.52. The Morgan fingerprint density at radius 2 is 2.44 bits per heavy atom. The van der Waals surface area contributed by atoms with E-state index in [0.29, 0.717) is 11.3 Å². The zero-order valence-corrected chi connectivity index (χ0v) is 10.4. The van der Waals surface area contributed by atoms with Gasteiger partial charge in [-0.15, -0.1) is 11.8 Å². The highest BCUT2D eigenvalue weighted by atomic mass is 32.2.